The van der Waals surface area contributed by atoms with Gasteiger partial charge < -0.3 is 9.80 Å². The van der Waals surface area contributed by atoms with Crippen molar-refractivity contribution in [3.05, 3.63) is 126 Å². The second-order valence-corrected chi connectivity index (χ2v) is 12.3. The van der Waals surface area contributed by atoms with E-state index in [1.165, 1.54) is 9.80 Å². The van der Waals surface area contributed by atoms with Gasteiger partial charge in [-0.05, 0) is 42.0 Å². The van der Waals surface area contributed by atoms with Crippen LogP contribution in [0.1, 0.15) is 27.9 Å². The summed E-state index contributed by atoms with van der Waals surface area (Å²) in [5.41, 5.74) is 0.329. The van der Waals surface area contributed by atoms with E-state index in [-0.39, 0.29) is 18.2 Å². The molecule has 5 heterocycles. The molecule has 5 aliphatic rings. The molecule has 9 nitrogen and oxygen atoms in total. The Morgan fingerprint density at radius 3 is 1.84 bits per heavy atom. The van der Waals surface area contributed by atoms with E-state index in [1.807, 2.05) is 53.4 Å². The maximum absolute atomic E-state index is 14.9. The average Bonchev–Trinajstić information content (AvgIpc) is 3.72. The van der Waals surface area contributed by atoms with Gasteiger partial charge >= 0.3 is 0 Å². The summed E-state index contributed by atoms with van der Waals surface area (Å²) in [6.45, 7) is 0. The monoisotopic (exact) mass is 594 g/mol. The summed E-state index contributed by atoms with van der Waals surface area (Å²) < 4.78 is 0. The molecule has 0 spiro atoms. The number of benzene rings is 4. The number of carbonyl (C=O) groups excluding carboxylic acids is 5. The van der Waals surface area contributed by atoms with Gasteiger partial charge in [0, 0.05) is 19.0 Å². The molecular formula is C36H26N4O5. The van der Waals surface area contributed by atoms with Crippen LogP contribution in [-0.2, 0) is 30.4 Å². The fraction of sp³-hybridized carbons (Fsp3) is 0.194. The van der Waals surface area contributed by atoms with Crippen LogP contribution in [0.2, 0.25) is 0 Å². The molecule has 5 amide bonds. The summed E-state index contributed by atoms with van der Waals surface area (Å²) in [5.74, 6) is -5.10. The van der Waals surface area contributed by atoms with Crippen LogP contribution >= 0.6 is 0 Å². The van der Waals surface area contributed by atoms with Crippen molar-refractivity contribution in [1.82, 2.24) is 4.90 Å². The lowest BCUT2D eigenvalue weighted by atomic mass is 9.62. The minimum Gasteiger partial charge on any atom is -0.332 e. The molecular weight excluding hydrogens is 568 g/mol. The van der Waals surface area contributed by atoms with Crippen molar-refractivity contribution >= 4 is 46.6 Å². The molecule has 45 heavy (non-hydrogen) atoms. The van der Waals surface area contributed by atoms with Gasteiger partial charge in [0.25, 0.3) is 5.91 Å². The Labute approximate surface area is 258 Å². The van der Waals surface area contributed by atoms with Crippen molar-refractivity contribution in [3.63, 3.8) is 0 Å². The first-order valence-electron chi connectivity index (χ1n) is 15.0. The van der Waals surface area contributed by atoms with Crippen molar-refractivity contribution < 1.29 is 24.0 Å². The predicted octanol–water partition coefficient (Wildman–Crippen LogP) is 4.04. The Balaban J connectivity index is 1.38. The van der Waals surface area contributed by atoms with E-state index in [4.69, 9.17) is 0 Å². The summed E-state index contributed by atoms with van der Waals surface area (Å²) in [5, 5.41) is 0. The molecule has 0 radical (unpaired) electrons. The van der Waals surface area contributed by atoms with Gasteiger partial charge in [-0.15, -0.1) is 0 Å². The van der Waals surface area contributed by atoms with Crippen molar-refractivity contribution in [1.29, 1.82) is 0 Å². The molecule has 4 aromatic carbocycles. The number of carbonyl (C=O) groups is 5. The maximum atomic E-state index is 14.9. The van der Waals surface area contributed by atoms with Gasteiger partial charge in [0.15, 0.2) is 5.66 Å². The molecule has 220 valence electrons. The van der Waals surface area contributed by atoms with E-state index < -0.39 is 46.7 Å². The fourth-order valence-electron chi connectivity index (χ4n) is 9.13. The normalized spacial score (nSPS) is 29.4. The molecule has 0 aliphatic carbocycles. The third kappa shape index (κ3) is 2.74. The van der Waals surface area contributed by atoms with Crippen LogP contribution in [0.5, 0.6) is 0 Å². The molecule has 3 saturated heterocycles. The minimum absolute atomic E-state index is 0.162. The number of para-hydroxylation sites is 3. The van der Waals surface area contributed by atoms with Crippen molar-refractivity contribution in [2.24, 2.45) is 17.8 Å². The molecule has 2 bridgehead atoms. The summed E-state index contributed by atoms with van der Waals surface area (Å²) in [6, 6.07) is 32.1. The minimum atomic E-state index is -1.45. The van der Waals surface area contributed by atoms with E-state index in [2.05, 4.69) is 0 Å². The van der Waals surface area contributed by atoms with E-state index in [0.29, 0.717) is 33.8 Å². The summed E-state index contributed by atoms with van der Waals surface area (Å²) in [4.78, 5) is 78.5. The highest BCUT2D eigenvalue weighted by Gasteiger charge is 2.85. The fourth-order valence-corrected chi connectivity index (χ4v) is 9.13. The summed E-state index contributed by atoms with van der Waals surface area (Å²) >= 11 is 0. The number of amides is 5. The first-order chi connectivity index (χ1) is 21.9. The number of imide groups is 2. The van der Waals surface area contributed by atoms with Gasteiger partial charge in [-0.2, -0.15) is 0 Å². The van der Waals surface area contributed by atoms with Gasteiger partial charge in [-0.3, -0.25) is 28.9 Å². The molecule has 4 unspecified atom stereocenters. The number of anilines is 3. The molecule has 9 rings (SSSR count). The Hall–Kier alpha value is -5.57. The summed E-state index contributed by atoms with van der Waals surface area (Å²) in [7, 11) is 1.67. The smallest absolute Gasteiger partial charge is 0.257 e. The van der Waals surface area contributed by atoms with Gasteiger partial charge in [-0.1, -0.05) is 72.8 Å². The second-order valence-electron chi connectivity index (χ2n) is 12.3. The van der Waals surface area contributed by atoms with Gasteiger partial charge in [-0.25, -0.2) is 4.90 Å². The van der Waals surface area contributed by atoms with Crippen molar-refractivity contribution in [2.75, 3.05) is 21.7 Å². The lowest BCUT2D eigenvalue weighted by Gasteiger charge is -2.52. The Bertz CT molecular complexity index is 2010. The molecule has 0 aromatic heterocycles. The maximum Gasteiger partial charge on any atom is 0.257 e. The molecule has 4 aromatic rings. The van der Waals surface area contributed by atoms with Gasteiger partial charge in [0.2, 0.25) is 23.6 Å². The van der Waals surface area contributed by atoms with Crippen LogP contribution in [0.25, 0.3) is 0 Å². The van der Waals surface area contributed by atoms with Crippen LogP contribution in [0.15, 0.2) is 109 Å². The highest BCUT2D eigenvalue weighted by Crippen LogP contribution is 2.74. The number of fused-ring (bicyclic) bond motifs is 5. The molecule has 0 N–H and O–H groups in total. The van der Waals surface area contributed by atoms with Crippen molar-refractivity contribution in [2.45, 2.75) is 17.6 Å². The van der Waals surface area contributed by atoms with E-state index in [0.717, 1.165) is 0 Å². The summed E-state index contributed by atoms with van der Waals surface area (Å²) in [6.07, 6.45) is -0.162. The highest BCUT2D eigenvalue weighted by atomic mass is 16.2. The number of hydrogen-bond donors (Lipinski definition) is 0. The molecule has 0 saturated carbocycles. The topological polar surface area (TPSA) is 98.3 Å². The number of rotatable bonds is 3. The van der Waals surface area contributed by atoms with E-state index in [9.17, 15) is 24.0 Å². The Kier molecular flexibility index (Phi) is 4.91. The molecule has 9 heteroatoms. The third-order valence-electron chi connectivity index (χ3n) is 10.6. The zero-order valence-corrected chi connectivity index (χ0v) is 24.2. The highest BCUT2D eigenvalue weighted by molar-refractivity contribution is 6.27. The largest absolute Gasteiger partial charge is 0.332 e. The van der Waals surface area contributed by atoms with Crippen LogP contribution in [0.3, 0.4) is 0 Å². The quantitative estimate of drug-likeness (QED) is 0.332. The van der Waals surface area contributed by atoms with E-state index in [1.54, 1.807) is 72.6 Å². The third-order valence-corrected chi connectivity index (χ3v) is 10.6. The van der Waals surface area contributed by atoms with Gasteiger partial charge in [0.1, 0.15) is 0 Å². The molecule has 5 aliphatic heterocycles. The van der Waals surface area contributed by atoms with E-state index >= 15 is 0 Å². The predicted molar refractivity (Wildman–Crippen MR) is 164 cm³/mol. The lowest BCUT2D eigenvalue weighted by Crippen LogP contribution is -2.64. The van der Waals surface area contributed by atoms with Crippen LogP contribution < -0.4 is 14.7 Å². The first kappa shape index (κ1) is 25.9. The average molecular weight is 595 g/mol. The van der Waals surface area contributed by atoms with Crippen LogP contribution in [-0.4, -0.2) is 41.5 Å². The Morgan fingerprint density at radius 2 is 1.16 bits per heavy atom. The van der Waals surface area contributed by atoms with Crippen molar-refractivity contribution in [3.8, 4) is 0 Å². The zero-order chi connectivity index (χ0) is 30.8. The van der Waals surface area contributed by atoms with Crippen LogP contribution in [0, 0.1) is 17.8 Å². The molecule has 3 fully saturated rings. The standard InChI is InChI=1S/C36H26N4O5/c1-37-31(42)23-16-8-11-19-27(23)40-35(26-20-28(41)38(32(26)43)21-12-4-2-5-13-21)24-17-9-10-18-25(24)36(37,40)30-29(35)33(44)39(34(30)45)22-14-6-3-7-15-22/h2-19,26,29-30H,20H2,1H3/t26-,29?,30?,35?,36?/m0/s1. The molecule has 5 atom stereocenters. The first-order valence-corrected chi connectivity index (χ1v) is 15.0. The number of hydrogen-bond acceptors (Lipinski definition) is 6. The van der Waals surface area contributed by atoms with Crippen LogP contribution in [0.4, 0.5) is 17.1 Å². The Morgan fingerprint density at radius 1 is 0.600 bits per heavy atom. The lowest BCUT2D eigenvalue weighted by molar-refractivity contribution is -0.127. The SMILES string of the molecule is CN1C(=O)c2ccccc2N2C3([C@H]4CC(=O)N(c5ccccc5)C4=O)c4ccccc4C12C1C(=O)N(c2ccccc2)C(=O)C13. The zero-order valence-electron chi connectivity index (χ0n) is 24.2. The second kappa shape index (κ2) is 8.53. The van der Waals surface area contributed by atoms with Gasteiger partial charge in [0.05, 0.1) is 45.9 Å². The number of nitrogens with zero attached hydrogens (tertiary/aromatic N) is 4.